The smallest absolute Gasteiger partial charge is 0.273 e. The van der Waals surface area contributed by atoms with Gasteiger partial charge >= 0.3 is 0 Å². The van der Waals surface area contributed by atoms with Crippen molar-refractivity contribution in [1.29, 1.82) is 0 Å². The number of halogens is 1. The Morgan fingerprint density at radius 1 is 1.44 bits per heavy atom. The molecule has 1 aromatic carbocycles. The lowest BCUT2D eigenvalue weighted by Crippen LogP contribution is -2.47. The van der Waals surface area contributed by atoms with E-state index >= 15 is 0 Å². The van der Waals surface area contributed by atoms with Gasteiger partial charge in [-0.2, -0.15) is 5.10 Å². The number of rotatable bonds is 4. The van der Waals surface area contributed by atoms with Crippen molar-refractivity contribution in [3.63, 3.8) is 0 Å². The van der Waals surface area contributed by atoms with Gasteiger partial charge in [-0.25, -0.2) is 0 Å². The first kappa shape index (κ1) is 19.2. The molecule has 0 bridgehead atoms. The van der Waals surface area contributed by atoms with Gasteiger partial charge in [-0.3, -0.25) is 14.7 Å². The zero-order chi connectivity index (χ0) is 17.3. The molecule has 1 aliphatic heterocycles. The van der Waals surface area contributed by atoms with Crippen LogP contribution in [0.15, 0.2) is 24.3 Å². The molecule has 8 heteroatoms. The van der Waals surface area contributed by atoms with E-state index in [2.05, 4.69) is 22.4 Å². The van der Waals surface area contributed by atoms with E-state index in [0.29, 0.717) is 25.3 Å². The topological polar surface area (TPSA) is 104 Å². The number of nitrogens with two attached hydrogens (primary N) is 1. The van der Waals surface area contributed by atoms with E-state index in [1.807, 2.05) is 24.3 Å². The number of fused-ring (bicyclic) bond motifs is 1. The minimum Gasteiger partial charge on any atom is -0.340 e. The van der Waals surface area contributed by atoms with Crippen LogP contribution in [0.25, 0.3) is 10.9 Å². The van der Waals surface area contributed by atoms with Crippen LogP contribution in [0.2, 0.25) is 0 Å². The van der Waals surface area contributed by atoms with Crippen LogP contribution in [0, 0.1) is 5.41 Å². The number of likely N-dealkylation sites (tertiary alicyclic amines) is 1. The third kappa shape index (κ3) is 3.77. The number of para-hydroxylation sites is 1. The summed E-state index contributed by atoms with van der Waals surface area (Å²) in [4.78, 5) is 26.8. The van der Waals surface area contributed by atoms with Crippen LogP contribution in [0.1, 0.15) is 30.8 Å². The minimum absolute atomic E-state index is 0. The molecule has 1 aliphatic rings. The zero-order valence-electron chi connectivity index (χ0n) is 14.4. The van der Waals surface area contributed by atoms with Crippen molar-refractivity contribution in [3.05, 3.63) is 30.0 Å². The highest BCUT2D eigenvalue weighted by molar-refractivity contribution is 6.05. The second-order valence-corrected chi connectivity index (χ2v) is 6.84. The Morgan fingerprint density at radius 2 is 2.16 bits per heavy atom. The lowest BCUT2D eigenvalue weighted by molar-refractivity contribution is -0.132. The molecule has 2 aromatic rings. The number of aromatic nitrogens is 2. The first-order chi connectivity index (χ1) is 11.4. The molecule has 1 fully saturated rings. The molecule has 3 rings (SSSR count). The fourth-order valence-electron chi connectivity index (χ4n) is 3.12. The summed E-state index contributed by atoms with van der Waals surface area (Å²) in [6, 6.07) is 6.80. The number of carbonyl (C=O) groups is 2. The van der Waals surface area contributed by atoms with Crippen LogP contribution in [-0.2, 0) is 4.79 Å². The lowest BCUT2D eigenvalue weighted by Gasteiger charge is -2.25. The van der Waals surface area contributed by atoms with E-state index in [9.17, 15) is 9.59 Å². The summed E-state index contributed by atoms with van der Waals surface area (Å²) < 4.78 is 0. The van der Waals surface area contributed by atoms with Gasteiger partial charge in [0.15, 0.2) is 5.69 Å². The predicted octanol–water partition coefficient (Wildman–Crippen LogP) is 1.30. The number of hydrogen-bond acceptors (Lipinski definition) is 4. The van der Waals surface area contributed by atoms with Gasteiger partial charge in [0.2, 0.25) is 5.91 Å². The molecule has 2 unspecified atom stereocenters. The van der Waals surface area contributed by atoms with Gasteiger partial charge < -0.3 is 16.0 Å². The van der Waals surface area contributed by atoms with Gasteiger partial charge in [0.25, 0.3) is 5.91 Å². The molecule has 2 atom stereocenters. The summed E-state index contributed by atoms with van der Waals surface area (Å²) in [5.74, 6) is -0.436. The predicted molar refractivity (Wildman–Crippen MR) is 98.6 cm³/mol. The highest BCUT2D eigenvalue weighted by atomic mass is 35.5. The molecule has 7 nitrogen and oxygen atoms in total. The van der Waals surface area contributed by atoms with Crippen molar-refractivity contribution < 1.29 is 9.59 Å². The van der Waals surface area contributed by atoms with E-state index in [1.54, 1.807) is 11.8 Å². The third-order valence-electron chi connectivity index (χ3n) is 4.77. The molecule has 25 heavy (non-hydrogen) atoms. The van der Waals surface area contributed by atoms with Crippen molar-refractivity contribution >= 4 is 35.1 Å². The molecule has 0 aliphatic carbocycles. The standard InChI is InChI=1S/C17H23N5O2.ClH/c1-11(16(24)22-8-7-17(2,9-18)10-22)19-15(23)14-12-5-3-4-6-13(12)20-21-14;/h3-6,11H,7-10,18H2,1-2H3,(H,19,23)(H,20,21);1H. The molecule has 1 saturated heterocycles. The number of benzene rings is 1. The average molecular weight is 366 g/mol. The Morgan fingerprint density at radius 3 is 2.84 bits per heavy atom. The Hall–Kier alpha value is -2.12. The number of nitrogens with zero attached hydrogens (tertiary/aromatic N) is 2. The van der Waals surface area contributed by atoms with Crippen molar-refractivity contribution in [2.45, 2.75) is 26.3 Å². The minimum atomic E-state index is -0.604. The van der Waals surface area contributed by atoms with Gasteiger partial charge in [-0.1, -0.05) is 25.1 Å². The molecular formula is C17H24ClN5O2. The van der Waals surface area contributed by atoms with Crippen molar-refractivity contribution in [1.82, 2.24) is 20.4 Å². The van der Waals surface area contributed by atoms with Gasteiger partial charge in [0.05, 0.1) is 5.52 Å². The number of aromatic amines is 1. The Bertz CT molecular complexity index is 777. The molecule has 0 spiro atoms. The monoisotopic (exact) mass is 365 g/mol. The molecular weight excluding hydrogens is 342 g/mol. The number of amides is 2. The molecule has 1 aromatic heterocycles. The highest BCUT2D eigenvalue weighted by Crippen LogP contribution is 2.28. The number of nitrogens with one attached hydrogen (secondary N) is 2. The normalized spacial score (nSPS) is 21.0. The largest absolute Gasteiger partial charge is 0.340 e. The van der Waals surface area contributed by atoms with Crippen molar-refractivity contribution in [2.24, 2.45) is 11.1 Å². The summed E-state index contributed by atoms with van der Waals surface area (Å²) in [5, 5.41) is 10.4. The Balaban J connectivity index is 0.00000225. The van der Waals surface area contributed by atoms with E-state index in [-0.39, 0.29) is 29.6 Å². The van der Waals surface area contributed by atoms with E-state index in [4.69, 9.17) is 5.73 Å². The van der Waals surface area contributed by atoms with Gasteiger partial charge in [0.1, 0.15) is 6.04 Å². The first-order valence-corrected chi connectivity index (χ1v) is 8.16. The Kier molecular flexibility index (Phi) is 5.69. The maximum Gasteiger partial charge on any atom is 0.273 e. The van der Waals surface area contributed by atoms with E-state index < -0.39 is 6.04 Å². The van der Waals surface area contributed by atoms with Crippen LogP contribution in [0.4, 0.5) is 0 Å². The van der Waals surface area contributed by atoms with Gasteiger partial charge in [0, 0.05) is 18.5 Å². The van der Waals surface area contributed by atoms with Crippen molar-refractivity contribution in [3.8, 4) is 0 Å². The summed E-state index contributed by atoms with van der Waals surface area (Å²) in [6.45, 7) is 5.65. The first-order valence-electron chi connectivity index (χ1n) is 8.16. The van der Waals surface area contributed by atoms with Crippen molar-refractivity contribution in [2.75, 3.05) is 19.6 Å². The molecule has 2 heterocycles. The van der Waals surface area contributed by atoms with Crippen LogP contribution in [0.5, 0.6) is 0 Å². The van der Waals surface area contributed by atoms with Crippen LogP contribution in [-0.4, -0.2) is 52.6 Å². The number of H-pyrrole nitrogens is 1. The molecule has 136 valence electrons. The lowest BCUT2D eigenvalue weighted by atomic mass is 9.90. The number of carbonyl (C=O) groups excluding carboxylic acids is 2. The van der Waals surface area contributed by atoms with Gasteiger partial charge in [-0.05, 0) is 31.4 Å². The maximum absolute atomic E-state index is 12.6. The number of hydrogen-bond donors (Lipinski definition) is 3. The second-order valence-electron chi connectivity index (χ2n) is 6.84. The molecule has 4 N–H and O–H groups in total. The highest BCUT2D eigenvalue weighted by Gasteiger charge is 2.36. The van der Waals surface area contributed by atoms with Gasteiger partial charge in [-0.15, -0.1) is 12.4 Å². The summed E-state index contributed by atoms with van der Waals surface area (Å²) in [6.07, 6.45) is 0.889. The Labute approximate surface area is 152 Å². The van der Waals surface area contributed by atoms with Crippen LogP contribution >= 0.6 is 12.4 Å². The molecule has 2 amide bonds. The average Bonchev–Trinajstić information content (AvgIpc) is 3.18. The van der Waals surface area contributed by atoms with E-state index in [0.717, 1.165) is 17.3 Å². The maximum atomic E-state index is 12.6. The summed E-state index contributed by atoms with van der Waals surface area (Å²) in [7, 11) is 0. The fourth-order valence-corrected chi connectivity index (χ4v) is 3.12. The quantitative estimate of drug-likeness (QED) is 0.759. The third-order valence-corrected chi connectivity index (χ3v) is 4.77. The summed E-state index contributed by atoms with van der Waals surface area (Å²) >= 11 is 0. The summed E-state index contributed by atoms with van der Waals surface area (Å²) in [5.41, 5.74) is 6.85. The van der Waals surface area contributed by atoms with Crippen LogP contribution < -0.4 is 11.1 Å². The van der Waals surface area contributed by atoms with E-state index in [1.165, 1.54) is 0 Å². The zero-order valence-corrected chi connectivity index (χ0v) is 15.2. The fraction of sp³-hybridized carbons (Fsp3) is 0.471. The molecule has 0 saturated carbocycles. The van der Waals surface area contributed by atoms with Crippen LogP contribution in [0.3, 0.4) is 0 Å². The second kappa shape index (κ2) is 7.41. The molecule has 0 radical (unpaired) electrons. The SMILES string of the molecule is CC(NC(=O)c1n[nH]c2ccccc12)C(=O)N1CCC(C)(CN)C1.Cl.